The number of benzene rings is 7. The molecule has 0 atom stereocenters. The Morgan fingerprint density at radius 3 is 1.84 bits per heavy atom. The average molecular weight is 743 g/mol. The molecule has 0 spiro atoms. The second-order valence-corrected chi connectivity index (χ2v) is 14.2. The molecule has 0 unspecified atom stereocenters. The molecule has 0 radical (unpaired) electrons. The van der Waals surface area contributed by atoms with Crippen LogP contribution in [0.2, 0.25) is 0 Å². The number of rotatable bonds is 6. The smallest absolute Gasteiger partial charge is 0.164 e. The number of hydrogen-bond donors (Lipinski definition) is 0. The van der Waals surface area contributed by atoms with Gasteiger partial charge in [-0.15, -0.1) is 11.3 Å². The second kappa shape index (κ2) is 13.2. The third kappa shape index (κ3) is 5.36. The summed E-state index contributed by atoms with van der Waals surface area (Å²) in [5.74, 6) is 1.14. The number of hydrogen-bond acceptors (Lipinski definition) is 6. The Balaban J connectivity index is 1.18. The van der Waals surface area contributed by atoms with Crippen LogP contribution >= 0.6 is 11.3 Å². The van der Waals surface area contributed by atoms with Crippen LogP contribution in [0.25, 0.3) is 104 Å². The highest BCUT2D eigenvalue weighted by Gasteiger charge is 2.19. The van der Waals surface area contributed by atoms with Crippen molar-refractivity contribution < 1.29 is 11.0 Å². The van der Waals surface area contributed by atoms with Crippen molar-refractivity contribution >= 4 is 53.4 Å². The van der Waals surface area contributed by atoms with E-state index in [1.165, 1.54) is 4.57 Å². The SMILES string of the molecule is [2H]c1c([2H])c([2H])c2c(c1[2H])c1c([2H])c([2H])c([2H])c([2H])c1n2-c1cc(-c2nc(-c3ccccc3)nc(-c3cccc(-c4cccc5c4sc4cncnc45)c3)n2)ccc1-c1ccccc1. The molecule has 11 rings (SSSR count). The predicted octanol–water partition coefficient (Wildman–Crippen LogP) is 12.5. The molecule has 0 bridgehead atoms. The van der Waals surface area contributed by atoms with Gasteiger partial charge in [-0.1, -0.05) is 145 Å². The van der Waals surface area contributed by atoms with E-state index >= 15 is 0 Å². The monoisotopic (exact) mass is 742 g/mol. The summed E-state index contributed by atoms with van der Waals surface area (Å²) >= 11 is 1.64. The predicted molar refractivity (Wildman–Crippen MR) is 230 cm³/mol. The van der Waals surface area contributed by atoms with Crippen LogP contribution in [0, 0.1) is 0 Å². The quantitative estimate of drug-likeness (QED) is 0.170. The lowest BCUT2D eigenvalue weighted by Crippen LogP contribution is -2.02. The number of fused-ring (bicyclic) bond motifs is 6. The van der Waals surface area contributed by atoms with Crippen LogP contribution in [0.1, 0.15) is 11.0 Å². The van der Waals surface area contributed by atoms with E-state index in [4.69, 9.17) is 23.2 Å². The van der Waals surface area contributed by atoms with Crippen molar-refractivity contribution in [2.24, 2.45) is 0 Å². The van der Waals surface area contributed by atoms with Crippen LogP contribution in [0.4, 0.5) is 0 Å². The van der Waals surface area contributed by atoms with E-state index in [2.05, 4.69) is 34.2 Å². The van der Waals surface area contributed by atoms with Crippen molar-refractivity contribution in [3.05, 3.63) is 182 Å². The molecule has 0 aliphatic carbocycles. The second-order valence-electron chi connectivity index (χ2n) is 13.2. The van der Waals surface area contributed by atoms with Gasteiger partial charge in [-0.2, -0.15) is 0 Å². The molecule has 262 valence electrons. The molecule has 0 saturated heterocycles. The number of para-hydroxylation sites is 2. The Hall–Kier alpha value is -7.35. The zero-order valence-electron chi connectivity index (χ0n) is 37.3. The van der Waals surface area contributed by atoms with Gasteiger partial charge >= 0.3 is 0 Å². The van der Waals surface area contributed by atoms with Gasteiger partial charge in [-0.3, -0.25) is 0 Å². The van der Waals surface area contributed by atoms with E-state index in [1.54, 1.807) is 23.7 Å². The fourth-order valence-electron chi connectivity index (χ4n) is 7.32. The first-order valence-corrected chi connectivity index (χ1v) is 18.6. The molecule has 6 nitrogen and oxygen atoms in total. The Bertz CT molecular complexity index is 3650. The van der Waals surface area contributed by atoms with E-state index in [-0.39, 0.29) is 33.9 Å². The lowest BCUT2D eigenvalue weighted by atomic mass is 10.00. The highest BCUT2D eigenvalue weighted by molar-refractivity contribution is 7.26. The first-order valence-electron chi connectivity index (χ1n) is 21.8. The minimum Gasteiger partial charge on any atom is -0.309 e. The third-order valence-corrected chi connectivity index (χ3v) is 11.0. The highest BCUT2D eigenvalue weighted by Crippen LogP contribution is 2.41. The highest BCUT2D eigenvalue weighted by atomic mass is 32.1. The molecule has 0 N–H and O–H groups in total. The molecule has 7 heteroatoms. The van der Waals surface area contributed by atoms with Gasteiger partial charge in [0.05, 0.1) is 37.9 Å². The van der Waals surface area contributed by atoms with Gasteiger partial charge in [0.2, 0.25) is 0 Å². The summed E-state index contributed by atoms with van der Waals surface area (Å²) in [6.45, 7) is 0. The maximum atomic E-state index is 9.22. The molecule has 11 aromatic rings. The summed E-state index contributed by atoms with van der Waals surface area (Å²) in [6.07, 6.45) is 3.40. The molecule has 0 aliphatic rings. The summed E-state index contributed by atoms with van der Waals surface area (Å²) in [5.41, 5.74) is 6.74. The standard InChI is InChI=1S/C49H30N6S/c1-3-13-31(14-4-1)36-26-25-35(28-43(36)55-41-23-9-7-19-38(41)39-20-8-10-24-42(39)55)49-53-47(32-15-5-2-6-16-32)52-48(54-49)34-18-11-17-33(27-34)37-21-12-22-40-45-44(56-46(37)40)29-50-30-51-45/h1-30H/i7D,8D,9D,10D,19D,20D,23D,24D. The lowest BCUT2D eigenvalue weighted by Gasteiger charge is -2.16. The average Bonchev–Trinajstić information content (AvgIpc) is 3.91. The van der Waals surface area contributed by atoms with Gasteiger partial charge < -0.3 is 4.57 Å². The minimum absolute atomic E-state index is 0.00891. The van der Waals surface area contributed by atoms with Crippen LogP contribution in [0.15, 0.2) is 182 Å². The summed E-state index contributed by atoms with van der Waals surface area (Å²) in [5, 5.41) is 1.03. The molecular formula is C49H30N6S. The van der Waals surface area contributed by atoms with E-state index < -0.39 is 36.3 Å². The molecule has 0 saturated carbocycles. The van der Waals surface area contributed by atoms with E-state index in [1.807, 2.05) is 97.2 Å². The topological polar surface area (TPSA) is 69.4 Å². The molecule has 56 heavy (non-hydrogen) atoms. The van der Waals surface area contributed by atoms with Crippen LogP contribution < -0.4 is 0 Å². The van der Waals surface area contributed by atoms with Gasteiger partial charge in [0.1, 0.15) is 6.33 Å². The van der Waals surface area contributed by atoms with Crippen LogP contribution in [0.5, 0.6) is 0 Å². The Morgan fingerprint density at radius 1 is 0.500 bits per heavy atom. The Kier molecular flexibility index (Phi) is 5.86. The van der Waals surface area contributed by atoms with Crippen LogP contribution in [0.3, 0.4) is 0 Å². The van der Waals surface area contributed by atoms with Crippen LogP contribution in [-0.2, 0) is 0 Å². The summed E-state index contributed by atoms with van der Waals surface area (Å²) in [6, 6.07) is 35.2. The number of aromatic nitrogens is 6. The van der Waals surface area contributed by atoms with E-state index in [9.17, 15) is 2.74 Å². The summed E-state index contributed by atoms with van der Waals surface area (Å²) in [7, 11) is 0. The molecule has 4 aromatic heterocycles. The maximum absolute atomic E-state index is 9.22. The van der Waals surface area contributed by atoms with Gasteiger partial charge in [-0.05, 0) is 40.9 Å². The summed E-state index contributed by atoms with van der Waals surface area (Å²) in [4.78, 5) is 23.9. The number of thiophene rings is 1. The van der Waals surface area contributed by atoms with E-state index in [0.29, 0.717) is 34.3 Å². The first-order chi connectivity index (χ1) is 31.1. The Labute approximate surface area is 337 Å². The minimum atomic E-state index is -0.508. The molecule has 0 amide bonds. The zero-order valence-corrected chi connectivity index (χ0v) is 30.1. The summed E-state index contributed by atoms with van der Waals surface area (Å²) < 4.78 is 74.7. The van der Waals surface area contributed by atoms with Crippen molar-refractivity contribution in [1.82, 2.24) is 29.5 Å². The van der Waals surface area contributed by atoms with Crippen molar-refractivity contribution in [3.63, 3.8) is 0 Å². The van der Waals surface area contributed by atoms with Crippen molar-refractivity contribution in [2.45, 2.75) is 0 Å². The van der Waals surface area contributed by atoms with Gasteiger partial charge in [0.25, 0.3) is 0 Å². The van der Waals surface area contributed by atoms with Gasteiger partial charge in [0, 0.05) is 49.3 Å². The molecule has 0 fully saturated rings. The fraction of sp³-hybridized carbons (Fsp3) is 0. The third-order valence-electron chi connectivity index (χ3n) is 9.87. The molecular weight excluding hydrogens is 705 g/mol. The van der Waals surface area contributed by atoms with Crippen molar-refractivity contribution in [2.75, 3.05) is 0 Å². The molecule has 4 heterocycles. The van der Waals surface area contributed by atoms with Crippen molar-refractivity contribution in [1.29, 1.82) is 0 Å². The van der Waals surface area contributed by atoms with Gasteiger partial charge in [-0.25, -0.2) is 24.9 Å². The molecule has 0 aliphatic heterocycles. The Morgan fingerprint density at radius 2 is 1.11 bits per heavy atom. The fourth-order valence-corrected chi connectivity index (χ4v) is 8.48. The van der Waals surface area contributed by atoms with Crippen molar-refractivity contribution in [3.8, 4) is 62.1 Å². The maximum Gasteiger partial charge on any atom is 0.164 e. The van der Waals surface area contributed by atoms with E-state index in [0.717, 1.165) is 48.1 Å². The molecule has 7 aromatic carbocycles. The first kappa shape index (κ1) is 24.9. The lowest BCUT2D eigenvalue weighted by molar-refractivity contribution is 1.07. The number of nitrogens with zero attached hydrogens (tertiary/aromatic N) is 6. The normalized spacial score (nSPS) is 13.6. The zero-order chi connectivity index (χ0) is 44.0. The van der Waals surface area contributed by atoms with Crippen LogP contribution in [-0.4, -0.2) is 29.5 Å². The largest absolute Gasteiger partial charge is 0.309 e. The van der Waals surface area contributed by atoms with Gasteiger partial charge in [0.15, 0.2) is 17.5 Å².